The number of hydrogen-bond donors (Lipinski definition) is 2. The van der Waals surface area contributed by atoms with Crippen molar-refractivity contribution in [3.63, 3.8) is 0 Å². The number of rotatable bonds is 3. The summed E-state index contributed by atoms with van der Waals surface area (Å²) in [5, 5.41) is 0. The molecule has 5 nitrogen and oxygen atoms in total. The number of aromatic nitrogens is 2. The number of methoxy groups -OCH3 is 1. The molecule has 0 fully saturated rings. The van der Waals surface area contributed by atoms with E-state index < -0.39 is 12.0 Å². The van der Waals surface area contributed by atoms with Crippen molar-refractivity contribution < 1.29 is 9.53 Å². The van der Waals surface area contributed by atoms with Crippen molar-refractivity contribution >= 4 is 5.97 Å². The van der Waals surface area contributed by atoms with Gasteiger partial charge >= 0.3 is 5.97 Å². The van der Waals surface area contributed by atoms with Crippen molar-refractivity contribution in [3.8, 4) is 0 Å². The molecule has 1 aliphatic rings. The molecule has 1 unspecified atom stereocenters. The van der Waals surface area contributed by atoms with Crippen LogP contribution in [0.5, 0.6) is 0 Å². The lowest BCUT2D eigenvalue weighted by molar-refractivity contribution is -0.142. The molecule has 88 valence electrons. The maximum atomic E-state index is 11.3. The van der Waals surface area contributed by atoms with E-state index in [4.69, 9.17) is 5.73 Å². The van der Waals surface area contributed by atoms with Crippen LogP contribution in [0.15, 0.2) is 0 Å². The first-order valence-corrected chi connectivity index (χ1v) is 5.59. The summed E-state index contributed by atoms with van der Waals surface area (Å²) in [5.41, 5.74) is 7.94. The van der Waals surface area contributed by atoms with Gasteiger partial charge in [-0.05, 0) is 19.3 Å². The van der Waals surface area contributed by atoms with Crippen LogP contribution in [0.3, 0.4) is 0 Å². The molecule has 1 aromatic heterocycles. The quantitative estimate of drug-likeness (QED) is 0.750. The number of esters is 1. The fraction of sp³-hybridized carbons (Fsp3) is 0.636. The zero-order valence-electron chi connectivity index (χ0n) is 9.62. The molecule has 0 aromatic carbocycles. The zero-order valence-corrected chi connectivity index (χ0v) is 9.62. The van der Waals surface area contributed by atoms with E-state index in [0.717, 1.165) is 30.7 Å². The summed E-state index contributed by atoms with van der Waals surface area (Å²) in [7, 11) is 1.33. The molecule has 1 heterocycles. The molecule has 0 bridgehead atoms. The summed E-state index contributed by atoms with van der Waals surface area (Å²) in [6.07, 6.45) is 3.21. The Bertz CT molecular complexity index is 400. The second kappa shape index (κ2) is 4.25. The van der Waals surface area contributed by atoms with Gasteiger partial charge in [0.1, 0.15) is 5.82 Å². The van der Waals surface area contributed by atoms with E-state index in [1.54, 1.807) is 0 Å². The van der Waals surface area contributed by atoms with Crippen LogP contribution in [0.4, 0.5) is 0 Å². The molecule has 0 radical (unpaired) electrons. The molecule has 2 atom stereocenters. The Morgan fingerprint density at radius 3 is 3.12 bits per heavy atom. The van der Waals surface area contributed by atoms with E-state index in [0.29, 0.717) is 11.7 Å². The van der Waals surface area contributed by atoms with Gasteiger partial charge in [0.05, 0.1) is 12.8 Å². The molecule has 0 amide bonds. The monoisotopic (exact) mass is 223 g/mol. The normalized spacial score (nSPS) is 20.6. The third-order valence-electron chi connectivity index (χ3n) is 3.20. The molecule has 1 aromatic rings. The molecule has 0 aliphatic heterocycles. The van der Waals surface area contributed by atoms with E-state index in [1.165, 1.54) is 7.11 Å². The topological polar surface area (TPSA) is 81.0 Å². The minimum absolute atomic E-state index is 0.458. The minimum Gasteiger partial charge on any atom is -0.468 e. The molecule has 2 rings (SSSR count). The average Bonchev–Trinajstić information content (AvgIpc) is 2.85. The van der Waals surface area contributed by atoms with Crippen LogP contribution in [0, 0.1) is 0 Å². The van der Waals surface area contributed by atoms with Crippen molar-refractivity contribution in [2.75, 3.05) is 7.11 Å². The van der Waals surface area contributed by atoms with Crippen LogP contribution in [0.1, 0.15) is 48.9 Å². The fourth-order valence-corrected chi connectivity index (χ4v) is 2.21. The molecule has 5 heteroatoms. The van der Waals surface area contributed by atoms with E-state index in [9.17, 15) is 4.79 Å². The Balaban J connectivity index is 2.23. The molecule has 1 aliphatic carbocycles. The van der Waals surface area contributed by atoms with Crippen LogP contribution >= 0.6 is 0 Å². The second-order valence-corrected chi connectivity index (χ2v) is 4.13. The maximum absolute atomic E-state index is 11.3. The highest BCUT2D eigenvalue weighted by molar-refractivity contribution is 5.76. The van der Waals surface area contributed by atoms with Crippen molar-refractivity contribution in [3.05, 3.63) is 17.2 Å². The number of ether oxygens (including phenoxy) is 1. The molecule has 0 spiro atoms. The van der Waals surface area contributed by atoms with Gasteiger partial charge in [0, 0.05) is 11.6 Å². The number of H-pyrrole nitrogens is 1. The van der Waals surface area contributed by atoms with Gasteiger partial charge in [-0.25, -0.2) is 9.78 Å². The van der Waals surface area contributed by atoms with Crippen LogP contribution in [0.2, 0.25) is 0 Å². The third kappa shape index (κ3) is 1.71. The van der Waals surface area contributed by atoms with Crippen molar-refractivity contribution in [2.24, 2.45) is 5.73 Å². The summed E-state index contributed by atoms with van der Waals surface area (Å²) < 4.78 is 4.60. The number of aryl methyl sites for hydroxylation is 1. The number of nitrogens with one attached hydrogen (secondary N) is 1. The largest absolute Gasteiger partial charge is 0.468 e. The Morgan fingerprint density at radius 1 is 1.75 bits per heavy atom. The second-order valence-electron chi connectivity index (χ2n) is 4.13. The summed E-state index contributed by atoms with van der Waals surface area (Å²) in [6.45, 7) is 2.15. The van der Waals surface area contributed by atoms with Gasteiger partial charge in [0.25, 0.3) is 0 Å². The Kier molecular flexibility index (Phi) is 2.96. The number of fused-ring (bicyclic) bond motifs is 1. The first-order chi connectivity index (χ1) is 7.67. The minimum atomic E-state index is -0.798. The smallest absolute Gasteiger partial charge is 0.330 e. The summed E-state index contributed by atoms with van der Waals surface area (Å²) in [5.74, 6) is 0.570. The Hall–Kier alpha value is -1.36. The molecule has 16 heavy (non-hydrogen) atoms. The fourth-order valence-electron chi connectivity index (χ4n) is 2.21. The van der Waals surface area contributed by atoms with Crippen LogP contribution in [0.25, 0.3) is 0 Å². The van der Waals surface area contributed by atoms with Crippen molar-refractivity contribution in [1.29, 1.82) is 0 Å². The lowest BCUT2D eigenvalue weighted by Crippen LogP contribution is -2.24. The lowest BCUT2D eigenvalue weighted by Gasteiger charge is -2.07. The van der Waals surface area contributed by atoms with Gasteiger partial charge in [-0.2, -0.15) is 0 Å². The average molecular weight is 223 g/mol. The molecular formula is C11H17N3O2. The molecule has 3 N–H and O–H groups in total. The standard InChI is InChI=1S/C11H17N3O2/c1-3-6-4-5-7-9(6)14-10(13-7)8(12)11(15)16-2/h6,8H,3-5,12H2,1-2H3,(H,13,14)/t6?,8-/m0/s1. The highest BCUT2D eigenvalue weighted by Crippen LogP contribution is 2.34. The SMILES string of the molecule is CCC1CCc2[nH]c([C@H](N)C(=O)OC)nc21. The number of nitrogens with two attached hydrogens (primary N) is 1. The summed E-state index contributed by atoms with van der Waals surface area (Å²) in [4.78, 5) is 18.8. The summed E-state index contributed by atoms with van der Waals surface area (Å²) >= 11 is 0. The number of carbonyl (C=O) groups is 1. The van der Waals surface area contributed by atoms with E-state index >= 15 is 0 Å². The summed E-state index contributed by atoms with van der Waals surface area (Å²) in [6, 6.07) is -0.798. The van der Waals surface area contributed by atoms with Crippen LogP contribution in [-0.2, 0) is 16.0 Å². The van der Waals surface area contributed by atoms with Crippen molar-refractivity contribution in [2.45, 2.75) is 38.1 Å². The zero-order chi connectivity index (χ0) is 11.7. The van der Waals surface area contributed by atoms with Gasteiger partial charge in [0.15, 0.2) is 6.04 Å². The maximum Gasteiger partial charge on any atom is 0.330 e. The number of carbonyl (C=O) groups excluding carboxylic acids is 1. The number of aromatic amines is 1. The number of nitrogens with zero attached hydrogens (tertiary/aromatic N) is 1. The third-order valence-corrected chi connectivity index (χ3v) is 3.20. The predicted octanol–water partition coefficient (Wildman–Crippen LogP) is 1.02. The van der Waals surface area contributed by atoms with Gasteiger partial charge < -0.3 is 15.5 Å². The van der Waals surface area contributed by atoms with Gasteiger partial charge in [0.2, 0.25) is 0 Å². The Labute approximate surface area is 94.4 Å². The first kappa shape index (κ1) is 11.1. The van der Waals surface area contributed by atoms with Crippen LogP contribution < -0.4 is 5.73 Å². The van der Waals surface area contributed by atoms with E-state index in [-0.39, 0.29) is 0 Å². The van der Waals surface area contributed by atoms with Gasteiger partial charge in [-0.3, -0.25) is 0 Å². The highest BCUT2D eigenvalue weighted by Gasteiger charge is 2.28. The number of hydrogen-bond acceptors (Lipinski definition) is 4. The Morgan fingerprint density at radius 2 is 2.50 bits per heavy atom. The molecule has 0 saturated heterocycles. The van der Waals surface area contributed by atoms with Gasteiger partial charge in [-0.1, -0.05) is 6.92 Å². The first-order valence-electron chi connectivity index (χ1n) is 5.59. The van der Waals surface area contributed by atoms with Crippen LogP contribution in [-0.4, -0.2) is 23.0 Å². The van der Waals surface area contributed by atoms with E-state index in [1.807, 2.05) is 0 Å². The highest BCUT2D eigenvalue weighted by atomic mass is 16.5. The van der Waals surface area contributed by atoms with Gasteiger partial charge in [-0.15, -0.1) is 0 Å². The molecular weight excluding hydrogens is 206 g/mol. The van der Waals surface area contributed by atoms with E-state index in [2.05, 4.69) is 21.6 Å². The molecule has 0 saturated carbocycles. The van der Waals surface area contributed by atoms with Crippen molar-refractivity contribution in [1.82, 2.24) is 9.97 Å². The predicted molar refractivity (Wildman–Crippen MR) is 58.9 cm³/mol. The lowest BCUT2D eigenvalue weighted by atomic mass is 10.1. The number of imidazole rings is 1.